The zero-order chi connectivity index (χ0) is 17.8. The number of benzene rings is 1. The number of nitrogens with zero attached hydrogens (tertiary/aromatic N) is 2. The zero-order valence-corrected chi connectivity index (χ0v) is 15.0. The summed E-state index contributed by atoms with van der Waals surface area (Å²) in [4.78, 5) is 12.8. The number of nitrogens with one attached hydrogen (secondary N) is 2. The first-order valence-corrected chi connectivity index (χ1v) is 9.22. The Labute approximate surface area is 148 Å². The predicted octanol–water partition coefficient (Wildman–Crippen LogP) is 2.24. The summed E-state index contributed by atoms with van der Waals surface area (Å²) in [5, 5.41) is 21.0. The van der Waals surface area contributed by atoms with Crippen molar-refractivity contribution in [3.05, 3.63) is 30.0 Å². The van der Waals surface area contributed by atoms with Crippen LogP contribution in [0.3, 0.4) is 0 Å². The molecule has 1 aliphatic heterocycles. The Morgan fingerprint density at radius 3 is 2.88 bits per heavy atom. The fourth-order valence-electron chi connectivity index (χ4n) is 3.53. The molecule has 2 aromatic rings. The van der Waals surface area contributed by atoms with Gasteiger partial charge in [0, 0.05) is 36.7 Å². The van der Waals surface area contributed by atoms with Crippen LogP contribution in [0.1, 0.15) is 56.1 Å². The number of aliphatic hydroxyl groups excluding tert-OH is 1. The van der Waals surface area contributed by atoms with E-state index in [9.17, 15) is 4.79 Å². The Morgan fingerprint density at radius 2 is 2.20 bits per heavy atom. The molecule has 1 aromatic carbocycles. The Balaban J connectivity index is 1.67. The van der Waals surface area contributed by atoms with Crippen molar-refractivity contribution in [2.24, 2.45) is 0 Å². The van der Waals surface area contributed by atoms with Gasteiger partial charge < -0.3 is 15.7 Å². The minimum absolute atomic E-state index is 0.101. The van der Waals surface area contributed by atoms with Crippen molar-refractivity contribution in [1.29, 1.82) is 0 Å². The predicted molar refractivity (Wildman–Crippen MR) is 98.7 cm³/mol. The van der Waals surface area contributed by atoms with E-state index >= 15 is 0 Å². The summed E-state index contributed by atoms with van der Waals surface area (Å²) >= 11 is 0. The number of carbonyl (C=O) groups excluding carboxylic acids is 1. The maximum Gasteiger partial charge on any atom is 0.272 e. The summed E-state index contributed by atoms with van der Waals surface area (Å²) in [6, 6.07) is 8.66. The molecule has 2 heterocycles. The SMILES string of the molecule is CC(C)n1nc(C(=O)NC2CCC(CCCO)NC2)c2ccccc21. The molecule has 1 aliphatic rings. The number of para-hydroxylation sites is 1. The summed E-state index contributed by atoms with van der Waals surface area (Å²) in [5.41, 5.74) is 1.50. The normalized spacial score (nSPS) is 21.0. The van der Waals surface area contributed by atoms with Crippen molar-refractivity contribution < 1.29 is 9.90 Å². The van der Waals surface area contributed by atoms with E-state index < -0.39 is 0 Å². The third kappa shape index (κ3) is 4.02. The molecule has 0 radical (unpaired) electrons. The summed E-state index contributed by atoms with van der Waals surface area (Å²) in [6.45, 7) is 5.14. The summed E-state index contributed by atoms with van der Waals surface area (Å²) in [7, 11) is 0. The molecule has 0 saturated carbocycles. The molecule has 0 spiro atoms. The molecular formula is C19H28N4O2. The van der Waals surface area contributed by atoms with Crippen LogP contribution in [0.5, 0.6) is 0 Å². The van der Waals surface area contributed by atoms with Crippen LogP contribution >= 0.6 is 0 Å². The van der Waals surface area contributed by atoms with Crippen LogP contribution in [-0.2, 0) is 0 Å². The van der Waals surface area contributed by atoms with Gasteiger partial charge in [-0.3, -0.25) is 9.48 Å². The number of aliphatic hydroxyl groups is 1. The van der Waals surface area contributed by atoms with E-state index in [2.05, 4.69) is 29.6 Å². The second kappa shape index (κ2) is 7.97. The maximum absolute atomic E-state index is 12.8. The fraction of sp³-hybridized carbons (Fsp3) is 0.579. The molecule has 6 heteroatoms. The van der Waals surface area contributed by atoms with Crippen molar-refractivity contribution in [3.63, 3.8) is 0 Å². The molecule has 0 aliphatic carbocycles. The molecular weight excluding hydrogens is 316 g/mol. The van der Waals surface area contributed by atoms with Gasteiger partial charge in [-0.1, -0.05) is 18.2 Å². The molecule has 2 atom stereocenters. The molecule has 3 rings (SSSR count). The lowest BCUT2D eigenvalue weighted by atomic mass is 9.97. The Hall–Kier alpha value is -1.92. The van der Waals surface area contributed by atoms with Gasteiger partial charge in [-0.2, -0.15) is 5.10 Å². The van der Waals surface area contributed by atoms with Gasteiger partial charge in [-0.25, -0.2) is 0 Å². The standard InChI is InChI=1S/C19H28N4O2/c1-13(2)23-17-8-4-3-7-16(17)18(22-23)19(25)21-15-10-9-14(20-12-15)6-5-11-24/h3-4,7-8,13-15,20,24H,5-6,9-12H2,1-2H3,(H,21,25). The molecule has 1 fully saturated rings. The van der Waals surface area contributed by atoms with Crippen molar-refractivity contribution >= 4 is 16.8 Å². The van der Waals surface area contributed by atoms with Gasteiger partial charge in [-0.05, 0) is 45.6 Å². The van der Waals surface area contributed by atoms with E-state index in [1.54, 1.807) is 0 Å². The highest BCUT2D eigenvalue weighted by molar-refractivity contribution is 6.05. The highest BCUT2D eigenvalue weighted by atomic mass is 16.3. The van der Waals surface area contributed by atoms with Gasteiger partial charge in [0.05, 0.1) is 5.52 Å². The Bertz CT molecular complexity index is 717. The number of amides is 1. The number of piperidine rings is 1. The van der Waals surface area contributed by atoms with Crippen molar-refractivity contribution in [1.82, 2.24) is 20.4 Å². The number of rotatable bonds is 6. The Morgan fingerprint density at radius 1 is 1.40 bits per heavy atom. The van der Waals surface area contributed by atoms with Crippen molar-refractivity contribution in [2.75, 3.05) is 13.2 Å². The monoisotopic (exact) mass is 344 g/mol. The van der Waals surface area contributed by atoms with Crippen molar-refractivity contribution in [2.45, 2.75) is 57.7 Å². The number of aromatic nitrogens is 2. The van der Waals surface area contributed by atoms with Crippen LogP contribution in [0.4, 0.5) is 0 Å². The maximum atomic E-state index is 12.8. The average Bonchev–Trinajstić information content (AvgIpc) is 3.01. The highest BCUT2D eigenvalue weighted by Gasteiger charge is 2.24. The molecule has 0 bridgehead atoms. The van der Waals surface area contributed by atoms with E-state index in [1.807, 2.05) is 28.9 Å². The van der Waals surface area contributed by atoms with Crippen LogP contribution in [0.2, 0.25) is 0 Å². The number of hydrogen-bond acceptors (Lipinski definition) is 4. The van der Waals surface area contributed by atoms with Gasteiger partial charge in [0.2, 0.25) is 0 Å². The van der Waals surface area contributed by atoms with Crippen LogP contribution in [0.15, 0.2) is 24.3 Å². The number of hydrogen-bond donors (Lipinski definition) is 3. The van der Waals surface area contributed by atoms with Crippen LogP contribution in [0.25, 0.3) is 10.9 Å². The van der Waals surface area contributed by atoms with Gasteiger partial charge in [0.15, 0.2) is 5.69 Å². The molecule has 25 heavy (non-hydrogen) atoms. The molecule has 1 saturated heterocycles. The largest absolute Gasteiger partial charge is 0.396 e. The molecule has 1 aromatic heterocycles. The minimum Gasteiger partial charge on any atom is -0.396 e. The zero-order valence-electron chi connectivity index (χ0n) is 15.0. The number of fused-ring (bicyclic) bond motifs is 1. The summed E-state index contributed by atoms with van der Waals surface area (Å²) in [6.07, 6.45) is 3.79. The third-order valence-electron chi connectivity index (χ3n) is 4.88. The molecule has 1 amide bonds. The smallest absolute Gasteiger partial charge is 0.272 e. The molecule has 6 nitrogen and oxygen atoms in total. The van der Waals surface area contributed by atoms with Crippen molar-refractivity contribution in [3.8, 4) is 0 Å². The van der Waals surface area contributed by atoms with Gasteiger partial charge >= 0.3 is 0 Å². The molecule has 3 N–H and O–H groups in total. The highest BCUT2D eigenvalue weighted by Crippen LogP contribution is 2.22. The third-order valence-corrected chi connectivity index (χ3v) is 4.88. The number of carbonyl (C=O) groups is 1. The lowest BCUT2D eigenvalue weighted by molar-refractivity contribution is 0.0922. The second-order valence-electron chi connectivity index (χ2n) is 7.12. The van der Waals surface area contributed by atoms with E-state index in [0.29, 0.717) is 11.7 Å². The van der Waals surface area contributed by atoms with Crippen LogP contribution in [0, 0.1) is 0 Å². The summed E-state index contributed by atoms with van der Waals surface area (Å²) in [5.74, 6) is -0.101. The van der Waals surface area contributed by atoms with Crippen LogP contribution in [-0.4, -0.2) is 46.0 Å². The first-order valence-electron chi connectivity index (χ1n) is 9.22. The van der Waals surface area contributed by atoms with Gasteiger partial charge in [0.1, 0.15) is 0 Å². The fourth-order valence-corrected chi connectivity index (χ4v) is 3.53. The van der Waals surface area contributed by atoms with E-state index in [-0.39, 0.29) is 24.6 Å². The van der Waals surface area contributed by atoms with E-state index in [1.165, 1.54) is 0 Å². The van der Waals surface area contributed by atoms with Gasteiger partial charge in [0.25, 0.3) is 5.91 Å². The molecule has 2 unspecified atom stereocenters. The topological polar surface area (TPSA) is 79.2 Å². The lowest BCUT2D eigenvalue weighted by Gasteiger charge is -2.30. The summed E-state index contributed by atoms with van der Waals surface area (Å²) < 4.78 is 1.91. The Kier molecular flexibility index (Phi) is 5.71. The van der Waals surface area contributed by atoms with E-state index in [0.717, 1.165) is 43.1 Å². The quantitative estimate of drug-likeness (QED) is 0.751. The first-order chi connectivity index (χ1) is 12.1. The first kappa shape index (κ1) is 17.9. The average molecular weight is 344 g/mol. The second-order valence-corrected chi connectivity index (χ2v) is 7.12. The molecule has 136 valence electrons. The van der Waals surface area contributed by atoms with Gasteiger partial charge in [-0.15, -0.1) is 0 Å². The van der Waals surface area contributed by atoms with Crippen LogP contribution < -0.4 is 10.6 Å². The lowest BCUT2D eigenvalue weighted by Crippen LogP contribution is -2.49. The minimum atomic E-state index is -0.101. The van der Waals surface area contributed by atoms with E-state index in [4.69, 9.17) is 5.11 Å².